The first-order valence-corrected chi connectivity index (χ1v) is 12.5. The van der Waals surface area contributed by atoms with Gasteiger partial charge in [0.1, 0.15) is 11.7 Å². The molecule has 0 saturated heterocycles. The maximum atomic E-state index is 4.75. The molecule has 166 valence electrons. The van der Waals surface area contributed by atoms with Gasteiger partial charge in [0, 0.05) is 65.7 Å². The Bertz CT molecular complexity index is 1110. The van der Waals surface area contributed by atoms with Gasteiger partial charge in [-0.15, -0.1) is 0 Å². The molecule has 0 bridgehead atoms. The van der Waals surface area contributed by atoms with Gasteiger partial charge in [0.05, 0.1) is 0 Å². The number of aromatic nitrogens is 1. The monoisotopic (exact) mass is 427 g/mol. The van der Waals surface area contributed by atoms with Crippen molar-refractivity contribution in [2.75, 3.05) is 26.2 Å². The van der Waals surface area contributed by atoms with Crippen LogP contribution >= 0.6 is 0 Å². The topological polar surface area (TPSA) is 53.7 Å². The van der Waals surface area contributed by atoms with E-state index in [2.05, 4.69) is 51.6 Å². The minimum atomic E-state index is 0.788. The van der Waals surface area contributed by atoms with Gasteiger partial charge in [-0.3, -0.25) is 9.98 Å². The normalized spacial score (nSPS) is 20.0. The molecule has 1 fully saturated rings. The summed E-state index contributed by atoms with van der Waals surface area (Å²) < 4.78 is 2.58. The fraction of sp³-hybridized carbons (Fsp3) is 0.481. The molecule has 0 radical (unpaired) electrons. The Hall–Kier alpha value is -2.82. The van der Waals surface area contributed by atoms with Crippen LogP contribution in [0.25, 0.3) is 21.8 Å². The molecule has 3 heterocycles. The molecule has 1 aliphatic carbocycles. The van der Waals surface area contributed by atoms with Crippen molar-refractivity contribution < 1.29 is 0 Å². The highest BCUT2D eigenvalue weighted by atomic mass is 15.0. The molecule has 3 aliphatic rings. The van der Waals surface area contributed by atoms with Crippen LogP contribution in [0.3, 0.4) is 0 Å². The number of benzene rings is 2. The van der Waals surface area contributed by atoms with Crippen molar-refractivity contribution in [1.82, 2.24) is 15.2 Å². The van der Waals surface area contributed by atoms with E-state index in [1.54, 1.807) is 0 Å². The first kappa shape index (κ1) is 19.8. The molecule has 2 aromatic carbocycles. The highest BCUT2D eigenvalue weighted by Crippen LogP contribution is 2.34. The van der Waals surface area contributed by atoms with Crippen molar-refractivity contribution in [3.63, 3.8) is 0 Å². The van der Waals surface area contributed by atoms with E-state index in [4.69, 9.17) is 9.98 Å². The maximum Gasteiger partial charge on any atom is 0.128 e. The Morgan fingerprint density at radius 3 is 1.78 bits per heavy atom. The third kappa shape index (κ3) is 3.68. The van der Waals surface area contributed by atoms with Gasteiger partial charge < -0.3 is 15.2 Å². The van der Waals surface area contributed by atoms with Gasteiger partial charge in [0.2, 0.25) is 0 Å². The van der Waals surface area contributed by atoms with Crippen LogP contribution in [0.4, 0.5) is 0 Å². The molecule has 1 aromatic heterocycles. The highest BCUT2D eigenvalue weighted by molar-refractivity contribution is 6.13. The van der Waals surface area contributed by atoms with Crippen LogP contribution in [0.5, 0.6) is 0 Å². The van der Waals surface area contributed by atoms with E-state index in [0.29, 0.717) is 0 Å². The van der Waals surface area contributed by atoms with E-state index in [1.807, 2.05) is 0 Å². The third-order valence-electron chi connectivity index (χ3n) is 7.37. The number of hydrogen-bond acceptors (Lipinski definition) is 4. The summed E-state index contributed by atoms with van der Waals surface area (Å²) in [5.74, 6) is 2.87. The summed E-state index contributed by atoms with van der Waals surface area (Å²) >= 11 is 0. The van der Waals surface area contributed by atoms with Crippen molar-refractivity contribution in [3.8, 4) is 0 Å². The zero-order valence-electron chi connectivity index (χ0n) is 18.9. The quantitative estimate of drug-likeness (QED) is 0.625. The number of rotatable bonds is 4. The third-order valence-corrected chi connectivity index (χ3v) is 7.37. The van der Waals surface area contributed by atoms with Crippen LogP contribution in [0.2, 0.25) is 0 Å². The molecule has 0 spiro atoms. The zero-order chi connectivity index (χ0) is 21.3. The molecule has 1 saturated carbocycles. The van der Waals surface area contributed by atoms with Gasteiger partial charge in [0.15, 0.2) is 0 Å². The molecule has 0 amide bonds. The molecule has 5 heteroatoms. The maximum absolute atomic E-state index is 4.75. The second kappa shape index (κ2) is 8.61. The van der Waals surface area contributed by atoms with Crippen molar-refractivity contribution in [2.24, 2.45) is 15.9 Å². The van der Waals surface area contributed by atoms with Crippen molar-refractivity contribution in [1.29, 1.82) is 0 Å². The van der Waals surface area contributed by atoms with E-state index in [-0.39, 0.29) is 0 Å². The number of fused-ring (bicyclic) bond motifs is 3. The molecule has 6 rings (SSSR count). The minimum Gasteiger partial charge on any atom is -0.370 e. The Balaban J connectivity index is 1.50. The predicted octanol–water partition coefficient (Wildman–Crippen LogP) is 4.85. The van der Waals surface area contributed by atoms with Crippen molar-refractivity contribution in [3.05, 3.63) is 47.5 Å². The number of hydrogen-bond donors (Lipinski definition) is 2. The fourth-order valence-corrected chi connectivity index (χ4v) is 5.68. The van der Waals surface area contributed by atoms with Crippen LogP contribution in [0.1, 0.15) is 56.1 Å². The summed E-state index contributed by atoms with van der Waals surface area (Å²) in [6, 6.07) is 13.9. The second-order valence-corrected chi connectivity index (χ2v) is 9.60. The van der Waals surface area contributed by atoms with Gasteiger partial charge in [-0.2, -0.15) is 0 Å². The molecule has 0 atom stereocenters. The van der Waals surface area contributed by atoms with Crippen LogP contribution in [-0.2, 0) is 6.54 Å². The molecular weight excluding hydrogens is 394 g/mol. The molecule has 32 heavy (non-hydrogen) atoms. The molecule has 2 N–H and O–H groups in total. The van der Waals surface area contributed by atoms with Gasteiger partial charge in [0.25, 0.3) is 0 Å². The first-order chi connectivity index (χ1) is 15.9. The van der Waals surface area contributed by atoms with Crippen LogP contribution in [0, 0.1) is 5.92 Å². The lowest BCUT2D eigenvalue weighted by atomic mass is 9.89. The van der Waals surface area contributed by atoms with Gasteiger partial charge in [-0.25, -0.2) is 0 Å². The lowest BCUT2D eigenvalue weighted by Gasteiger charge is -2.23. The van der Waals surface area contributed by atoms with Crippen molar-refractivity contribution in [2.45, 2.75) is 51.5 Å². The molecular formula is C27H33N5. The smallest absolute Gasteiger partial charge is 0.128 e. The van der Waals surface area contributed by atoms with Crippen molar-refractivity contribution >= 4 is 33.5 Å². The van der Waals surface area contributed by atoms with E-state index in [9.17, 15) is 0 Å². The SMILES string of the molecule is c1cc2c(cc1C1=NCCCN1)c1cc(C3=NCCCN3)ccc1n2CC1CCCCC1. The van der Waals surface area contributed by atoms with Gasteiger partial charge in [-0.05, 0) is 68.0 Å². The Labute approximate surface area is 190 Å². The molecule has 5 nitrogen and oxygen atoms in total. The lowest BCUT2D eigenvalue weighted by molar-refractivity contribution is 0.325. The summed E-state index contributed by atoms with van der Waals surface area (Å²) in [6.45, 7) is 4.97. The van der Waals surface area contributed by atoms with Crippen LogP contribution in [-0.4, -0.2) is 42.4 Å². The summed E-state index contributed by atoms with van der Waals surface area (Å²) in [5, 5.41) is 9.67. The largest absolute Gasteiger partial charge is 0.370 e. The van der Waals surface area contributed by atoms with E-state index >= 15 is 0 Å². The van der Waals surface area contributed by atoms with Crippen LogP contribution < -0.4 is 10.6 Å². The summed E-state index contributed by atoms with van der Waals surface area (Å²) in [4.78, 5) is 9.50. The van der Waals surface area contributed by atoms with Crippen LogP contribution in [0.15, 0.2) is 46.4 Å². The minimum absolute atomic E-state index is 0.788. The Morgan fingerprint density at radius 1 is 0.719 bits per heavy atom. The summed E-state index contributed by atoms with van der Waals surface area (Å²) in [5.41, 5.74) is 5.10. The molecule has 2 aliphatic heterocycles. The lowest BCUT2D eigenvalue weighted by Crippen LogP contribution is -2.30. The second-order valence-electron chi connectivity index (χ2n) is 9.60. The van der Waals surface area contributed by atoms with E-state index in [1.165, 1.54) is 65.0 Å². The highest BCUT2D eigenvalue weighted by Gasteiger charge is 2.20. The number of aliphatic imine (C=N–C) groups is 2. The standard InChI is InChI=1S/C27H33N5/c1-2-6-19(7-3-1)18-32-24-10-8-20(26-28-12-4-13-29-26)16-22(24)23-17-21(9-11-25(23)32)27-30-14-5-15-31-27/h8-11,16-17,19H,1-7,12-15,18H2,(H,28,29)(H,30,31). The summed E-state index contributed by atoms with van der Waals surface area (Å²) in [7, 11) is 0. The average Bonchev–Trinajstić information content (AvgIpc) is 3.18. The number of nitrogens with zero attached hydrogens (tertiary/aromatic N) is 3. The Kier molecular flexibility index (Phi) is 5.34. The van der Waals surface area contributed by atoms with Gasteiger partial charge in [-0.1, -0.05) is 19.3 Å². The predicted molar refractivity (Wildman–Crippen MR) is 134 cm³/mol. The number of amidine groups is 2. The number of nitrogens with one attached hydrogen (secondary N) is 2. The Morgan fingerprint density at radius 2 is 1.28 bits per heavy atom. The average molecular weight is 428 g/mol. The van der Waals surface area contributed by atoms with Gasteiger partial charge >= 0.3 is 0 Å². The fourth-order valence-electron chi connectivity index (χ4n) is 5.68. The van der Waals surface area contributed by atoms with E-state index in [0.717, 1.165) is 63.2 Å². The first-order valence-electron chi connectivity index (χ1n) is 12.5. The molecule has 0 unspecified atom stereocenters. The molecule has 3 aromatic rings. The van der Waals surface area contributed by atoms with E-state index < -0.39 is 0 Å². The summed E-state index contributed by atoms with van der Waals surface area (Å²) in [6.07, 6.45) is 9.12. The zero-order valence-corrected chi connectivity index (χ0v) is 18.9.